The molecule has 0 saturated carbocycles. The Morgan fingerprint density at radius 3 is 2.56 bits per heavy atom. The van der Waals surface area contributed by atoms with E-state index in [0.29, 0.717) is 11.5 Å². The monoisotopic (exact) mass is 220 g/mol. The van der Waals surface area contributed by atoms with E-state index in [0.717, 1.165) is 5.56 Å². The summed E-state index contributed by atoms with van der Waals surface area (Å²) in [6.45, 7) is 3.55. The Bertz CT molecular complexity index is 396. The fourth-order valence-electron chi connectivity index (χ4n) is 1.34. The molecule has 0 fully saturated rings. The van der Waals surface area contributed by atoms with Crippen LogP contribution in [0.25, 0.3) is 0 Å². The fraction of sp³-hybridized carbons (Fsp3) is 0.417. The van der Waals surface area contributed by atoms with Crippen LogP contribution >= 0.6 is 0 Å². The van der Waals surface area contributed by atoms with Gasteiger partial charge in [0, 0.05) is 17.7 Å². The second kappa shape index (κ2) is 5.38. The van der Waals surface area contributed by atoms with Crippen molar-refractivity contribution >= 4 is 0 Å². The van der Waals surface area contributed by atoms with E-state index in [9.17, 15) is 0 Å². The molecule has 0 amide bonds. The van der Waals surface area contributed by atoms with Crippen LogP contribution in [0.1, 0.15) is 25.5 Å². The zero-order chi connectivity index (χ0) is 12.1. The van der Waals surface area contributed by atoms with Crippen molar-refractivity contribution in [2.24, 2.45) is 5.73 Å². The third-order valence-corrected chi connectivity index (χ3v) is 2.20. The van der Waals surface area contributed by atoms with Gasteiger partial charge in [-0.1, -0.05) is 6.07 Å². The summed E-state index contributed by atoms with van der Waals surface area (Å²) >= 11 is 0. The number of hydrogen-bond acceptors (Lipinski definition) is 4. The van der Waals surface area contributed by atoms with Crippen molar-refractivity contribution < 1.29 is 9.47 Å². The summed E-state index contributed by atoms with van der Waals surface area (Å²) < 4.78 is 10.6. The van der Waals surface area contributed by atoms with E-state index < -0.39 is 6.10 Å². The van der Waals surface area contributed by atoms with Gasteiger partial charge in [-0.25, -0.2) is 0 Å². The highest BCUT2D eigenvalue weighted by Crippen LogP contribution is 2.29. The predicted molar refractivity (Wildman–Crippen MR) is 61.3 cm³/mol. The summed E-state index contributed by atoms with van der Waals surface area (Å²) in [6, 6.07) is 7.28. The fourth-order valence-corrected chi connectivity index (χ4v) is 1.34. The average Bonchev–Trinajstić information content (AvgIpc) is 2.28. The van der Waals surface area contributed by atoms with Gasteiger partial charge >= 0.3 is 0 Å². The van der Waals surface area contributed by atoms with Crippen molar-refractivity contribution in [3.63, 3.8) is 0 Å². The summed E-state index contributed by atoms with van der Waals surface area (Å²) in [4.78, 5) is 0. The maximum Gasteiger partial charge on any atom is 0.181 e. The zero-order valence-electron chi connectivity index (χ0n) is 9.73. The SMILES string of the molecule is COc1ccc(C(C)N)c(OC(C)C#N)c1. The summed E-state index contributed by atoms with van der Waals surface area (Å²) in [7, 11) is 1.58. The molecule has 0 aliphatic rings. The van der Waals surface area contributed by atoms with Crippen LogP contribution in [0.2, 0.25) is 0 Å². The molecule has 4 heteroatoms. The molecule has 86 valence electrons. The minimum absolute atomic E-state index is 0.146. The lowest BCUT2D eigenvalue weighted by molar-refractivity contribution is 0.270. The lowest BCUT2D eigenvalue weighted by Crippen LogP contribution is -2.13. The molecule has 0 aliphatic carbocycles. The lowest BCUT2D eigenvalue weighted by atomic mass is 10.1. The van der Waals surface area contributed by atoms with Gasteiger partial charge in [-0.15, -0.1) is 0 Å². The van der Waals surface area contributed by atoms with Crippen molar-refractivity contribution in [3.05, 3.63) is 23.8 Å². The van der Waals surface area contributed by atoms with Gasteiger partial charge in [0.15, 0.2) is 6.10 Å². The summed E-state index contributed by atoms with van der Waals surface area (Å²) in [5, 5.41) is 8.71. The number of rotatable bonds is 4. The van der Waals surface area contributed by atoms with Crippen molar-refractivity contribution in [1.29, 1.82) is 5.26 Å². The maximum atomic E-state index is 8.71. The first kappa shape index (κ1) is 12.3. The first-order chi connectivity index (χ1) is 7.58. The highest BCUT2D eigenvalue weighted by molar-refractivity contribution is 5.42. The molecule has 0 aromatic heterocycles. The summed E-state index contributed by atoms with van der Waals surface area (Å²) in [6.07, 6.45) is -0.510. The number of benzene rings is 1. The minimum atomic E-state index is -0.510. The van der Waals surface area contributed by atoms with Crippen LogP contribution in [-0.4, -0.2) is 13.2 Å². The Morgan fingerprint density at radius 2 is 2.06 bits per heavy atom. The Labute approximate surface area is 95.6 Å². The van der Waals surface area contributed by atoms with Gasteiger partial charge < -0.3 is 15.2 Å². The maximum absolute atomic E-state index is 8.71. The zero-order valence-corrected chi connectivity index (χ0v) is 9.73. The Morgan fingerprint density at radius 1 is 1.38 bits per heavy atom. The molecule has 0 bridgehead atoms. The number of hydrogen-bond donors (Lipinski definition) is 1. The van der Waals surface area contributed by atoms with E-state index in [1.165, 1.54) is 0 Å². The van der Waals surface area contributed by atoms with Crippen LogP contribution in [0.3, 0.4) is 0 Å². The smallest absolute Gasteiger partial charge is 0.181 e. The molecule has 1 aromatic rings. The van der Waals surface area contributed by atoms with Crippen LogP contribution in [0, 0.1) is 11.3 Å². The molecule has 2 unspecified atom stereocenters. The van der Waals surface area contributed by atoms with Gasteiger partial charge in [0.1, 0.15) is 17.6 Å². The minimum Gasteiger partial charge on any atom is -0.497 e. The summed E-state index contributed by atoms with van der Waals surface area (Å²) in [5.74, 6) is 1.29. The number of nitrogens with zero attached hydrogens (tertiary/aromatic N) is 1. The lowest BCUT2D eigenvalue weighted by Gasteiger charge is -2.16. The van der Waals surface area contributed by atoms with Gasteiger partial charge in [-0.3, -0.25) is 0 Å². The third kappa shape index (κ3) is 2.88. The molecular formula is C12H16N2O2. The Kier molecular flexibility index (Phi) is 4.15. The van der Waals surface area contributed by atoms with E-state index in [4.69, 9.17) is 20.5 Å². The molecular weight excluding hydrogens is 204 g/mol. The van der Waals surface area contributed by atoms with E-state index in [2.05, 4.69) is 0 Å². The Hall–Kier alpha value is -1.73. The molecule has 0 aliphatic heterocycles. The van der Waals surface area contributed by atoms with Crippen LogP contribution in [0.5, 0.6) is 11.5 Å². The van der Waals surface area contributed by atoms with Crippen LogP contribution in [0.4, 0.5) is 0 Å². The second-order valence-electron chi connectivity index (χ2n) is 3.58. The molecule has 0 radical (unpaired) electrons. The number of methoxy groups -OCH3 is 1. The summed E-state index contributed by atoms with van der Waals surface area (Å²) in [5.41, 5.74) is 6.68. The third-order valence-electron chi connectivity index (χ3n) is 2.20. The Balaban J connectivity index is 3.06. The van der Waals surface area contributed by atoms with E-state index in [-0.39, 0.29) is 6.04 Å². The van der Waals surface area contributed by atoms with Crippen LogP contribution in [-0.2, 0) is 0 Å². The topological polar surface area (TPSA) is 68.3 Å². The van der Waals surface area contributed by atoms with Crippen molar-refractivity contribution in [3.8, 4) is 17.6 Å². The first-order valence-electron chi connectivity index (χ1n) is 5.08. The van der Waals surface area contributed by atoms with Gasteiger partial charge in [0.25, 0.3) is 0 Å². The quantitative estimate of drug-likeness (QED) is 0.842. The molecule has 0 saturated heterocycles. The van der Waals surface area contributed by atoms with Gasteiger partial charge in [-0.2, -0.15) is 5.26 Å². The molecule has 16 heavy (non-hydrogen) atoms. The van der Waals surface area contributed by atoms with Gasteiger partial charge in [0.2, 0.25) is 0 Å². The van der Waals surface area contributed by atoms with Crippen molar-refractivity contribution in [2.45, 2.75) is 26.0 Å². The molecule has 4 nitrogen and oxygen atoms in total. The number of ether oxygens (including phenoxy) is 2. The van der Waals surface area contributed by atoms with Crippen molar-refractivity contribution in [1.82, 2.24) is 0 Å². The highest BCUT2D eigenvalue weighted by atomic mass is 16.5. The molecule has 2 atom stereocenters. The average molecular weight is 220 g/mol. The second-order valence-corrected chi connectivity index (χ2v) is 3.58. The first-order valence-corrected chi connectivity index (χ1v) is 5.08. The number of nitrogens with two attached hydrogens (primary N) is 1. The van der Waals surface area contributed by atoms with E-state index in [1.807, 2.05) is 25.1 Å². The van der Waals surface area contributed by atoms with E-state index in [1.54, 1.807) is 20.1 Å². The van der Waals surface area contributed by atoms with Crippen molar-refractivity contribution in [2.75, 3.05) is 7.11 Å². The molecule has 2 N–H and O–H groups in total. The molecule has 0 spiro atoms. The standard InChI is InChI=1S/C12H16N2O2/c1-8(7-13)16-12-6-10(15-3)4-5-11(12)9(2)14/h4-6,8-9H,14H2,1-3H3. The molecule has 1 rings (SSSR count). The number of nitriles is 1. The molecule has 0 heterocycles. The molecule has 1 aromatic carbocycles. The predicted octanol–water partition coefficient (Wildman–Crippen LogP) is 2.01. The highest BCUT2D eigenvalue weighted by Gasteiger charge is 2.12. The van der Waals surface area contributed by atoms with E-state index >= 15 is 0 Å². The largest absolute Gasteiger partial charge is 0.497 e. The van der Waals surface area contributed by atoms with Crippen LogP contribution in [0.15, 0.2) is 18.2 Å². The normalized spacial score (nSPS) is 13.7. The van der Waals surface area contributed by atoms with Gasteiger partial charge in [0.05, 0.1) is 7.11 Å². The van der Waals surface area contributed by atoms with Gasteiger partial charge in [-0.05, 0) is 19.9 Å². The van der Waals surface area contributed by atoms with Crippen LogP contribution < -0.4 is 15.2 Å².